The Morgan fingerprint density at radius 1 is 1.41 bits per heavy atom. The van der Waals surface area contributed by atoms with E-state index >= 15 is 0 Å². The van der Waals surface area contributed by atoms with Gasteiger partial charge in [0.2, 0.25) is 5.91 Å². The van der Waals surface area contributed by atoms with E-state index < -0.39 is 17.8 Å². The number of carbonyl (C=O) groups excluding carboxylic acids is 1. The highest BCUT2D eigenvalue weighted by Crippen LogP contribution is 2.32. The molecule has 22 heavy (non-hydrogen) atoms. The molecule has 2 heterocycles. The third-order valence-electron chi connectivity index (χ3n) is 2.78. The summed E-state index contributed by atoms with van der Waals surface area (Å²) in [5, 5.41) is 12.0. The van der Waals surface area contributed by atoms with Crippen molar-refractivity contribution in [1.82, 2.24) is 24.5 Å². The Bertz CT molecular complexity index is 693. The summed E-state index contributed by atoms with van der Waals surface area (Å²) in [5.41, 5.74) is 4.25. The number of thioether (sulfide) groups is 1. The molecule has 0 spiro atoms. The number of amides is 1. The molecule has 0 saturated carbocycles. The van der Waals surface area contributed by atoms with Crippen molar-refractivity contribution in [2.75, 3.05) is 5.75 Å². The molecule has 2 aromatic heterocycles. The Morgan fingerprint density at radius 2 is 2.09 bits per heavy atom. The molecular weight excluding hydrogens is 321 g/mol. The van der Waals surface area contributed by atoms with Crippen molar-refractivity contribution in [3.05, 3.63) is 11.8 Å². The van der Waals surface area contributed by atoms with Gasteiger partial charge in [-0.1, -0.05) is 11.8 Å². The van der Waals surface area contributed by atoms with Crippen molar-refractivity contribution in [3.8, 4) is 11.5 Å². The van der Waals surface area contributed by atoms with Crippen LogP contribution >= 0.6 is 11.8 Å². The van der Waals surface area contributed by atoms with Crippen LogP contribution in [0.15, 0.2) is 11.2 Å². The molecule has 11 heteroatoms. The van der Waals surface area contributed by atoms with E-state index in [2.05, 4.69) is 15.3 Å². The van der Waals surface area contributed by atoms with Gasteiger partial charge in [-0.15, -0.1) is 10.2 Å². The summed E-state index contributed by atoms with van der Waals surface area (Å²) in [6.45, 7) is 2.20. The Kier molecular flexibility index (Phi) is 4.44. The highest BCUT2D eigenvalue weighted by Gasteiger charge is 2.35. The number of carbonyl (C=O) groups is 1. The highest BCUT2D eigenvalue weighted by molar-refractivity contribution is 7.99. The quantitative estimate of drug-likeness (QED) is 0.832. The molecule has 1 amide bonds. The van der Waals surface area contributed by atoms with Gasteiger partial charge in [0.15, 0.2) is 11.0 Å². The molecule has 0 aromatic carbocycles. The standard InChI is InChI=1S/C11H13F3N6OS/c1-3-20-9(16-17-10(20)22-5-8(15)21)6-4-7(11(12,13)14)19(2)18-6/h4H,3,5H2,1-2H3,(H2,15,21). The molecule has 0 bridgehead atoms. The minimum absolute atomic E-state index is 0.00809. The third-order valence-corrected chi connectivity index (χ3v) is 3.77. The van der Waals surface area contributed by atoms with Gasteiger partial charge in [-0.2, -0.15) is 18.3 Å². The number of aromatic nitrogens is 5. The van der Waals surface area contributed by atoms with Crippen molar-refractivity contribution in [2.45, 2.75) is 24.8 Å². The summed E-state index contributed by atoms with van der Waals surface area (Å²) in [6.07, 6.45) is -4.50. The van der Waals surface area contributed by atoms with E-state index in [1.807, 2.05) is 0 Å². The van der Waals surface area contributed by atoms with Crippen LogP contribution in [-0.4, -0.2) is 36.2 Å². The molecule has 0 fully saturated rings. The van der Waals surface area contributed by atoms with Gasteiger partial charge in [-0.25, -0.2) is 0 Å². The Hall–Kier alpha value is -2.04. The number of hydrogen-bond acceptors (Lipinski definition) is 5. The van der Waals surface area contributed by atoms with Crippen molar-refractivity contribution >= 4 is 17.7 Å². The second-order valence-corrected chi connectivity index (χ2v) is 5.28. The van der Waals surface area contributed by atoms with Crippen LogP contribution in [0.25, 0.3) is 11.5 Å². The van der Waals surface area contributed by atoms with Crippen LogP contribution in [0.2, 0.25) is 0 Å². The van der Waals surface area contributed by atoms with Crippen LogP contribution in [0.5, 0.6) is 0 Å². The van der Waals surface area contributed by atoms with E-state index in [0.29, 0.717) is 11.7 Å². The summed E-state index contributed by atoms with van der Waals surface area (Å²) >= 11 is 1.07. The number of rotatable bonds is 5. The Labute approximate surface area is 127 Å². The minimum Gasteiger partial charge on any atom is -0.369 e. The molecule has 7 nitrogen and oxygen atoms in total. The monoisotopic (exact) mass is 334 g/mol. The number of hydrogen-bond donors (Lipinski definition) is 1. The van der Waals surface area contributed by atoms with Crippen molar-refractivity contribution in [1.29, 1.82) is 0 Å². The van der Waals surface area contributed by atoms with E-state index in [9.17, 15) is 18.0 Å². The lowest BCUT2D eigenvalue weighted by molar-refractivity contribution is -0.143. The van der Waals surface area contributed by atoms with Crippen LogP contribution < -0.4 is 5.73 Å². The number of alkyl halides is 3. The summed E-state index contributed by atoms with van der Waals surface area (Å²) < 4.78 is 40.8. The molecule has 0 aliphatic carbocycles. The minimum atomic E-state index is -4.50. The summed E-state index contributed by atoms with van der Waals surface area (Å²) in [5.74, 6) is -0.302. The van der Waals surface area contributed by atoms with E-state index in [1.165, 1.54) is 7.05 Å². The van der Waals surface area contributed by atoms with E-state index in [4.69, 9.17) is 5.73 Å². The van der Waals surface area contributed by atoms with E-state index in [-0.39, 0.29) is 17.3 Å². The molecule has 0 radical (unpaired) electrons. The second-order valence-electron chi connectivity index (χ2n) is 4.34. The second kappa shape index (κ2) is 5.99. The maximum atomic E-state index is 12.8. The normalized spacial score (nSPS) is 11.9. The van der Waals surface area contributed by atoms with Crippen LogP contribution in [0.4, 0.5) is 13.2 Å². The van der Waals surface area contributed by atoms with E-state index in [0.717, 1.165) is 22.5 Å². The van der Waals surface area contributed by atoms with Crippen molar-refractivity contribution in [3.63, 3.8) is 0 Å². The summed E-state index contributed by atoms with van der Waals surface area (Å²) in [7, 11) is 1.21. The van der Waals surface area contributed by atoms with Gasteiger partial charge in [-0.05, 0) is 13.0 Å². The Balaban J connectivity index is 2.39. The predicted octanol–water partition coefficient (Wildman–Crippen LogP) is 1.29. The van der Waals surface area contributed by atoms with E-state index in [1.54, 1.807) is 11.5 Å². The Morgan fingerprint density at radius 3 is 2.59 bits per heavy atom. The molecule has 120 valence electrons. The molecule has 2 N–H and O–H groups in total. The largest absolute Gasteiger partial charge is 0.433 e. The average Bonchev–Trinajstić information content (AvgIpc) is 2.98. The number of aryl methyl sites for hydroxylation is 1. The fraction of sp³-hybridized carbons (Fsp3) is 0.455. The topological polar surface area (TPSA) is 91.6 Å². The fourth-order valence-electron chi connectivity index (χ4n) is 1.85. The first-order valence-electron chi connectivity index (χ1n) is 6.20. The number of nitrogens with zero attached hydrogens (tertiary/aromatic N) is 5. The third kappa shape index (κ3) is 3.24. The molecule has 0 aliphatic heterocycles. The molecule has 0 unspecified atom stereocenters. The lowest BCUT2D eigenvalue weighted by atomic mass is 10.3. The fourth-order valence-corrected chi connectivity index (χ4v) is 2.59. The number of primary amides is 1. The number of halogens is 3. The summed E-state index contributed by atoms with van der Waals surface area (Å²) in [4.78, 5) is 10.8. The maximum absolute atomic E-state index is 12.8. The van der Waals surface area contributed by atoms with Gasteiger partial charge in [0.05, 0.1) is 5.75 Å². The van der Waals surface area contributed by atoms with Gasteiger partial charge >= 0.3 is 6.18 Å². The van der Waals surface area contributed by atoms with Gasteiger partial charge < -0.3 is 10.3 Å². The van der Waals surface area contributed by atoms with Crippen LogP contribution in [0.1, 0.15) is 12.6 Å². The van der Waals surface area contributed by atoms with Crippen LogP contribution in [0, 0.1) is 0 Å². The molecule has 2 aromatic rings. The first kappa shape index (κ1) is 16.3. The van der Waals surface area contributed by atoms with Gasteiger partial charge in [0, 0.05) is 13.6 Å². The molecule has 0 saturated heterocycles. The SMILES string of the molecule is CCn1c(SCC(N)=O)nnc1-c1cc(C(F)(F)F)n(C)n1. The van der Waals surface area contributed by atoms with Gasteiger partial charge in [-0.3, -0.25) is 9.48 Å². The molecule has 0 atom stereocenters. The zero-order valence-corrected chi connectivity index (χ0v) is 12.6. The van der Waals surface area contributed by atoms with Gasteiger partial charge in [0.1, 0.15) is 11.4 Å². The predicted molar refractivity (Wildman–Crippen MR) is 72.8 cm³/mol. The van der Waals surface area contributed by atoms with Crippen LogP contribution in [-0.2, 0) is 24.6 Å². The van der Waals surface area contributed by atoms with Gasteiger partial charge in [0.25, 0.3) is 0 Å². The summed E-state index contributed by atoms with van der Waals surface area (Å²) in [6, 6.07) is 0.915. The first-order chi connectivity index (χ1) is 10.2. The highest BCUT2D eigenvalue weighted by atomic mass is 32.2. The average molecular weight is 334 g/mol. The molecule has 2 rings (SSSR count). The lowest BCUT2D eigenvalue weighted by Gasteiger charge is -2.04. The number of nitrogens with two attached hydrogens (primary N) is 1. The molecular formula is C11H13F3N6OS. The van der Waals surface area contributed by atoms with Crippen molar-refractivity contribution < 1.29 is 18.0 Å². The first-order valence-corrected chi connectivity index (χ1v) is 7.18. The zero-order valence-electron chi connectivity index (χ0n) is 11.8. The zero-order chi connectivity index (χ0) is 16.5. The molecule has 0 aliphatic rings. The van der Waals surface area contributed by atoms with Crippen molar-refractivity contribution in [2.24, 2.45) is 12.8 Å². The maximum Gasteiger partial charge on any atom is 0.433 e. The lowest BCUT2D eigenvalue weighted by Crippen LogP contribution is -2.13. The smallest absolute Gasteiger partial charge is 0.369 e. The van der Waals surface area contributed by atoms with Crippen LogP contribution in [0.3, 0.4) is 0 Å².